The van der Waals surface area contributed by atoms with Crippen molar-refractivity contribution in [2.75, 3.05) is 41.7 Å². The number of fused-ring (bicyclic) bond motifs is 1. The quantitative estimate of drug-likeness (QED) is 0.353. The normalized spacial score (nSPS) is 15.8. The number of nitrogens with one attached hydrogen (secondary N) is 3. The van der Waals surface area contributed by atoms with E-state index in [9.17, 15) is 22.8 Å². The second-order valence-electron chi connectivity index (χ2n) is 9.53. The maximum absolute atomic E-state index is 13.2. The van der Waals surface area contributed by atoms with Crippen LogP contribution in [0.3, 0.4) is 0 Å². The van der Waals surface area contributed by atoms with E-state index in [-0.39, 0.29) is 16.5 Å². The number of hydrogen-bond acceptors (Lipinski definition) is 8. The first-order valence-corrected chi connectivity index (χ1v) is 15.0. The number of hydrogen-bond donors (Lipinski definition) is 3. The SMILES string of the molecule is Cc1ccc(S(=O)(=O)NC(=O)Nc2ccc(N3C(=O)Cc4cc(NCCN5CCCC5)ccc4C3=O)cc2)s1. The molecule has 0 radical (unpaired) electrons. The van der Waals surface area contributed by atoms with E-state index in [2.05, 4.69) is 15.5 Å². The van der Waals surface area contributed by atoms with Crippen LogP contribution in [0.4, 0.5) is 21.9 Å². The highest BCUT2D eigenvalue weighted by Crippen LogP contribution is 2.28. The van der Waals surface area contributed by atoms with Crippen molar-refractivity contribution in [1.82, 2.24) is 9.62 Å². The van der Waals surface area contributed by atoms with Gasteiger partial charge in [-0.1, -0.05) is 0 Å². The number of sulfonamides is 1. The lowest BCUT2D eigenvalue weighted by molar-refractivity contribution is -0.117. The first-order valence-electron chi connectivity index (χ1n) is 12.7. The van der Waals surface area contributed by atoms with Gasteiger partial charge in [0.1, 0.15) is 4.21 Å². The molecule has 12 heteroatoms. The molecule has 1 saturated heterocycles. The molecule has 2 aromatic carbocycles. The summed E-state index contributed by atoms with van der Waals surface area (Å²) in [7, 11) is -3.99. The summed E-state index contributed by atoms with van der Waals surface area (Å²) in [6.45, 7) is 5.79. The Balaban J connectivity index is 1.21. The minimum Gasteiger partial charge on any atom is -0.384 e. The van der Waals surface area contributed by atoms with Gasteiger partial charge in [0, 0.05) is 34.9 Å². The van der Waals surface area contributed by atoms with Crippen molar-refractivity contribution in [2.45, 2.75) is 30.4 Å². The Labute approximate surface area is 231 Å². The Morgan fingerprint density at radius 1 is 0.974 bits per heavy atom. The fourth-order valence-corrected chi connectivity index (χ4v) is 6.93. The van der Waals surface area contributed by atoms with E-state index in [0.717, 1.165) is 53.0 Å². The van der Waals surface area contributed by atoms with Crippen LogP contribution in [0.5, 0.6) is 0 Å². The molecule has 10 nitrogen and oxygen atoms in total. The molecule has 0 bridgehead atoms. The number of benzene rings is 2. The van der Waals surface area contributed by atoms with E-state index in [4.69, 9.17) is 0 Å². The number of likely N-dealkylation sites (tertiary alicyclic amines) is 1. The molecule has 5 rings (SSSR count). The first-order chi connectivity index (χ1) is 18.7. The van der Waals surface area contributed by atoms with Crippen LogP contribution >= 0.6 is 11.3 Å². The minimum atomic E-state index is -3.99. The monoisotopic (exact) mass is 567 g/mol. The summed E-state index contributed by atoms with van der Waals surface area (Å²) < 4.78 is 26.7. The largest absolute Gasteiger partial charge is 0.384 e. The van der Waals surface area contributed by atoms with Crippen molar-refractivity contribution in [1.29, 1.82) is 0 Å². The maximum atomic E-state index is 13.2. The molecule has 4 amide bonds. The predicted molar refractivity (Wildman–Crippen MR) is 151 cm³/mol. The molecule has 204 valence electrons. The number of urea groups is 1. The number of amides is 4. The van der Waals surface area contributed by atoms with Crippen LogP contribution in [0.1, 0.15) is 33.6 Å². The number of carbonyl (C=O) groups excluding carboxylic acids is 3. The first kappa shape index (κ1) is 26.9. The summed E-state index contributed by atoms with van der Waals surface area (Å²) in [6.07, 6.45) is 2.58. The number of carbonyl (C=O) groups is 3. The number of imide groups is 1. The van der Waals surface area contributed by atoms with E-state index < -0.39 is 22.0 Å². The highest BCUT2D eigenvalue weighted by atomic mass is 32.2. The zero-order valence-electron chi connectivity index (χ0n) is 21.4. The third kappa shape index (κ3) is 6.13. The van der Waals surface area contributed by atoms with Crippen molar-refractivity contribution in [3.8, 4) is 0 Å². The van der Waals surface area contributed by atoms with E-state index in [0.29, 0.717) is 22.5 Å². The van der Waals surface area contributed by atoms with Crippen LogP contribution in [-0.4, -0.2) is 57.3 Å². The van der Waals surface area contributed by atoms with Gasteiger partial charge in [0.25, 0.3) is 15.9 Å². The van der Waals surface area contributed by atoms with Gasteiger partial charge >= 0.3 is 6.03 Å². The van der Waals surface area contributed by atoms with Crippen molar-refractivity contribution in [2.24, 2.45) is 0 Å². The molecule has 3 N–H and O–H groups in total. The molecule has 0 atom stereocenters. The summed E-state index contributed by atoms with van der Waals surface area (Å²) in [4.78, 5) is 42.8. The molecule has 2 aliphatic heterocycles. The maximum Gasteiger partial charge on any atom is 0.333 e. The van der Waals surface area contributed by atoms with Crippen molar-refractivity contribution < 1.29 is 22.8 Å². The third-order valence-electron chi connectivity index (χ3n) is 6.68. The van der Waals surface area contributed by atoms with Crippen molar-refractivity contribution in [3.05, 3.63) is 70.6 Å². The summed E-state index contributed by atoms with van der Waals surface area (Å²) in [6, 6.07) is 13.7. The van der Waals surface area contributed by atoms with Gasteiger partial charge in [0.15, 0.2) is 0 Å². The van der Waals surface area contributed by atoms with E-state index in [1.54, 1.807) is 19.1 Å². The minimum absolute atomic E-state index is 0.0397. The zero-order chi connectivity index (χ0) is 27.6. The Kier molecular flexibility index (Phi) is 7.69. The number of anilines is 3. The molecule has 39 heavy (non-hydrogen) atoms. The summed E-state index contributed by atoms with van der Waals surface area (Å²) >= 11 is 1.06. The molecule has 0 saturated carbocycles. The van der Waals surface area contributed by atoms with Crippen molar-refractivity contribution in [3.63, 3.8) is 0 Å². The molecule has 0 unspecified atom stereocenters. The van der Waals surface area contributed by atoms with Gasteiger partial charge < -0.3 is 15.5 Å². The summed E-state index contributed by atoms with van der Waals surface area (Å²) in [5.74, 6) is -0.766. The van der Waals surface area contributed by atoms with Crippen LogP contribution in [-0.2, 0) is 21.2 Å². The highest BCUT2D eigenvalue weighted by molar-refractivity contribution is 7.92. The van der Waals surface area contributed by atoms with E-state index in [1.165, 1.54) is 43.2 Å². The molecular weight excluding hydrogens is 538 g/mol. The zero-order valence-corrected chi connectivity index (χ0v) is 23.0. The Bertz CT molecular complexity index is 1510. The molecule has 3 aromatic rings. The van der Waals surface area contributed by atoms with Crippen LogP contribution in [0.2, 0.25) is 0 Å². The number of nitrogens with zero attached hydrogens (tertiary/aromatic N) is 2. The third-order valence-corrected chi connectivity index (χ3v) is 9.50. The Hall–Kier alpha value is -3.74. The average molecular weight is 568 g/mol. The second-order valence-corrected chi connectivity index (χ2v) is 12.7. The average Bonchev–Trinajstić information content (AvgIpc) is 3.57. The van der Waals surface area contributed by atoms with E-state index in [1.807, 2.05) is 16.9 Å². The molecule has 0 aliphatic carbocycles. The van der Waals surface area contributed by atoms with Gasteiger partial charge in [-0.25, -0.2) is 22.8 Å². The molecule has 0 spiro atoms. The van der Waals surface area contributed by atoms with Gasteiger partial charge in [0.2, 0.25) is 5.91 Å². The lowest BCUT2D eigenvalue weighted by Crippen LogP contribution is -2.42. The lowest BCUT2D eigenvalue weighted by atomic mass is 9.97. The van der Waals surface area contributed by atoms with Crippen LogP contribution < -0.4 is 20.3 Å². The van der Waals surface area contributed by atoms with Gasteiger partial charge in [-0.2, -0.15) is 0 Å². The smallest absolute Gasteiger partial charge is 0.333 e. The fraction of sp³-hybridized carbons (Fsp3) is 0.296. The van der Waals surface area contributed by atoms with Crippen LogP contribution in [0.15, 0.2) is 58.8 Å². The summed E-state index contributed by atoms with van der Waals surface area (Å²) in [5, 5.41) is 5.85. The van der Waals surface area contributed by atoms with Gasteiger partial charge in [-0.05, 0) is 93.0 Å². The number of thiophene rings is 1. The molecule has 1 aromatic heterocycles. The van der Waals surface area contributed by atoms with Crippen LogP contribution in [0, 0.1) is 6.92 Å². The molecule has 2 aliphatic rings. The number of rotatable bonds is 8. The topological polar surface area (TPSA) is 128 Å². The highest BCUT2D eigenvalue weighted by Gasteiger charge is 2.32. The molecular formula is C27H29N5O5S2. The Morgan fingerprint density at radius 3 is 2.38 bits per heavy atom. The fourth-order valence-electron chi connectivity index (χ4n) is 4.74. The van der Waals surface area contributed by atoms with Gasteiger partial charge in [0.05, 0.1) is 12.1 Å². The molecule has 1 fully saturated rings. The standard InChI is InChI=1S/C27H29N5O5S2/c1-18-4-11-25(38-18)39(36,37)30-27(35)29-20-5-8-22(9-6-20)32-24(33)17-19-16-21(7-10-23(19)26(32)34)28-12-15-31-13-2-3-14-31/h4-11,16,28H,2-3,12-15,17H2,1H3,(H2,29,30,35). The Morgan fingerprint density at radius 2 is 1.69 bits per heavy atom. The van der Waals surface area contributed by atoms with Gasteiger partial charge in [-0.15, -0.1) is 11.3 Å². The van der Waals surface area contributed by atoms with Gasteiger partial charge in [-0.3, -0.25) is 9.59 Å². The van der Waals surface area contributed by atoms with Crippen LogP contribution in [0.25, 0.3) is 0 Å². The number of aryl methyl sites for hydroxylation is 1. The second kappa shape index (κ2) is 11.2. The molecule has 3 heterocycles. The summed E-state index contributed by atoms with van der Waals surface area (Å²) in [5.41, 5.74) is 2.69. The van der Waals surface area contributed by atoms with Crippen molar-refractivity contribution >= 4 is 56.3 Å². The lowest BCUT2D eigenvalue weighted by Gasteiger charge is -2.27. The van der Waals surface area contributed by atoms with E-state index >= 15 is 0 Å². The predicted octanol–water partition coefficient (Wildman–Crippen LogP) is 3.80.